The first-order valence-corrected chi connectivity index (χ1v) is 6.41. The molecule has 1 aromatic rings. The van der Waals surface area contributed by atoms with Gasteiger partial charge >= 0.3 is 0 Å². The molecule has 0 aromatic heterocycles. The number of hydrogen-bond donors (Lipinski definition) is 0. The molecule has 1 aliphatic rings. The summed E-state index contributed by atoms with van der Waals surface area (Å²) in [6, 6.07) is 4.70. The molecule has 0 aliphatic carbocycles. The topological polar surface area (TPSA) is 23.6 Å². The minimum atomic E-state index is -0.280. The van der Waals surface area contributed by atoms with Gasteiger partial charge in [0.2, 0.25) is 0 Å². The van der Waals surface area contributed by atoms with Crippen LogP contribution in [-0.2, 0) is 6.54 Å². The molecule has 0 unspecified atom stereocenters. The normalized spacial score (nSPS) is 17.9. The maximum absolute atomic E-state index is 13.7. The van der Waals surface area contributed by atoms with Crippen LogP contribution in [0.25, 0.3) is 0 Å². The molecule has 0 saturated carbocycles. The molecule has 1 heterocycles. The van der Waals surface area contributed by atoms with Crippen molar-refractivity contribution in [3.63, 3.8) is 0 Å². The van der Waals surface area contributed by atoms with E-state index in [0.29, 0.717) is 24.0 Å². The van der Waals surface area contributed by atoms with Gasteiger partial charge in [-0.25, -0.2) is 4.39 Å². The number of hydrogen-bond acceptors (Lipinski definition) is 3. The lowest BCUT2D eigenvalue weighted by Crippen LogP contribution is -2.45. The van der Waals surface area contributed by atoms with E-state index in [9.17, 15) is 9.18 Å². The molecule has 3 nitrogen and oxygen atoms in total. The quantitative estimate of drug-likeness (QED) is 0.761. The summed E-state index contributed by atoms with van der Waals surface area (Å²) in [6.45, 7) is 7.91. The van der Waals surface area contributed by atoms with Crippen LogP contribution in [0.4, 0.5) is 4.39 Å². The minimum Gasteiger partial charge on any atom is -0.301 e. The summed E-state index contributed by atoms with van der Waals surface area (Å²) in [5.41, 5.74) is 1.07. The van der Waals surface area contributed by atoms with Crippen molar-refractivity contribution in [1.29, 1.82) is 0 Å². The Bertz CT molecular complexity index is 414. The maximum atomic E-state index is 13.7. The highest BCUT2D eigenvalue weighted by atomic mass is 19.1. The van der Waals surface area contributed by atoms with Crippen molar-refractivity contribution in [1.82, 2.24) is 9.80 Å². The molecule has 98 valence electrons. The number of nitrogens with zero attached hydrogens (tertiary/aromatic N) is 2. The summed E-state index contributed by atoms with van der Waals surface area (Å²) in [5.74, 6) is -0.280. The van der Waals surface area contributed by atoms with Crippen molar-refractivity contribution in [2.45, 2.75) is 13.5 Å². The number of halogens is 1. The second-order valence-corrected chi connectivity index (χ2v) is 4.68. The first kappa shape index (κ1) is 13.2. The van der Waals surface area contributed by atoms with E-state index in [4.69, 9.17) is 0 Å². The third kappa shape index (κ3) is 3.15. The highest BCUT2D eigenvalue weighted by Crippen LogP contribution is 2.13. The van der Waals surface area contributed by atoms with Gasteiger partial charge < -0.3 is 4.90 Å². The maximum Gasteiger partial charge on any atom is 0.150 e. The molecule has 1 saturated heterocycles. The summed E-state index contributed by atoms with van der Waals surface area (Å²) in [7, 11) is 0. The SMILES string of the molecule is CCN1CCN(Cc2ccc(C=O)cc2F)CC1. The molecule has 0 radical (unpaired) electrons. The van der Waals surface area contributed by atoms with Crippen molar-refractivity contribution in [2.24, 2.45) is 0 Å². The molecule has 0 bridgehead atoms. The van der Waals surface area contributed by atoms with Gasteiger partial charge in [-0.2, -0.15) is 0 Å². The van der Waals surface area contributed by atoms with E-state index in [1.54, 1.807) is 12.1 Å². The smallest absolute Gasteiger partial charge is 0.150 e. The predicted molar refractivity (Wildman–Crippen MR) is 69.2 cm³/mol. The Hall–Kier alpha value is -1.26. The van der Waals surface area contributed by atoms with E-state index in [-0.39, 0.29) is 5.82 Å². The Labute approximate surface area is 107 Å². The van der Waals surface area contributed by atoms with Crippen molar-refractivity contribution >= 4 is 6.29 Å². The van der Waals surface area contributed by atoms with E-state index >= 15 is 0 Å². The van der Waals surface area contributed by atoms with E-state index in [2.05, 4.69) is 16.7 Å². The van der Waals surface area contributed by atoms with Gasteiger partial charge in [-0.15, -0.1) is 0 Å². The van der Waals surface area contributed by atoms with Gasteiger partial charge in [0.25, 0.3) is 0 Å². The average molecular weight is 250 g/mol. The fraction of sp³-hybridized carbons (Fsp3) is 0.500. The third-order valence-electron chi connectivity index (χ3n) is 3.52. The monoisotopic (exact) mass is 250 g/mol. The Balaban J connectivity index is 1.96. The zero-order valence-electron chi connectivity index (χ0n) is 10.7. The van der Waals surface area contributed by atoms with Crippen LogP contribution < -0.4 is 0 Å². The van der Waals surface area contributed by atoms with Gasteiger partial charge in [-0.05, 0) is 12.6 Å². The van der Waals surface area contributed by atoms with E-state index in [0.717, 1.165) is 32.7 Å². The summed E-state index contributed by atoms with van der Waals surface area (Å²) in [4.78, 5) is 15.2. The number of piperazine rings is 1. The molecule has 0 N–H and O–H groups in total. The summed E-state index contributed by atoms with van der Waals surface area (Å²) in [6.07, 6.45) is 0.673. The standard InChI is InChI=1S/C14H19FN2O/c1-2-16-5-7-17(8-6-16)10-13-4-3-12(11-18)9-14(13)15/h3-4,9,11H,2,5-8,10H2,1H3. The van der Waals surface area contributed by atoms with Crippen molar-refractivity contribution in [3.05, 3.63) is 35.1 Å². The number of aldehydes is 1. The number of carbonyl (C=O) groups is 1. The van der Waals surface area contributed by atoms with Crippen molar-refractivity contribution in [2.75, 3.05) is 32.7 Å². The molecule has 0 amide bonds. The fourth-order valence-electron chi connectivity index (χ4n) is 2.27. The van der Waals surface area contributed by atoms with Crippen molar-refractivity contribution < 1.29 is 9.18 Å². The molecule has 4 heteroatoms. The molecule has 2 rings (SSSR count). The van der Waals surface area contributed by atoms with Gasteiger partial charge in [-0.1, -0.05) is 19.1 Å². The van der Waals surface area contributed by atoms with Crippen LogP contribution in [0.2, 0.25) is 0 Å². The second kappa shape index (κ2) is 6.07. The van der Waals surface area contributed by atoms with Crippen LogP contribution >= 0.6 is 0 Å². The van der Waals surface area contributed by atoms with E-state index in [1.165, 1.54) is 6.07 Å². The molecule has 18 heavy (non-hydrogen) atoms. The third-order valence-corrected chi connectivity index (χ3v) is 3.52. The molecular weight excluding hydrogens is 231 g/mol. The van der Waals surface area contributed by atoms with Gasteiger partial charge in [0, 0.05) is 43.9 Å². The number of carbonyl (C=O) groups excluding carboxylic acids is 1. The zero-order chi connectivity index (χ0) is 13.0. The molecule has 0 spiro atoms. The predicted octanol–water partition coefficient (Wildman–Crippen LogP) is 1.78. The highest BCUT2D eigenvalue weighted by molar-refractivity contribution is 5.74. The van der Waals surface area contributed by atoms with Gasteiger partial charge in [0.05, 0.1) is 0 Å². The average Bonchev–Trinajstić information content (AvgIpc) is 2.42. The fourth-order valence-corrected chi connectivity index (χ4v) is 2.27. The molecule has 1 fully saturated rings. The van der Waals surface area contributed by atoms with Crippen LogP contribution in [0.5, 0.6) is 0 Å². The van der Waals surface area contributed by atoms with Gasteiger partial charge in [0.15, 0.2) is 0 Å². The number of likely N-dealkylation sites (N-methyl/N-ethyl adjacent to an activating group) is 1. The summed E-state index contributed by atoms with van der Waals surface area (Å²) < 4.78 is 13.7. The molecular formula is C14H19FN2O. The number of benzene rings is 1. The first-order valence-electron chi connectivity index (χ1n) is 6.41. The lowest BCUT2D eigenvalue weighted by atomic mass is 10.1. The minimum absolute atomic E-state index is 0.280. The summed E-state index contributed by atoms with van der Waals surface area (Å²) >= 11 is 0. The Morgan fingerprint density at radius 3 is 2.44 bits per heavy atom. The van der Waals surface area contributed by atoms with E-state index in [1.807, 2.05) is 0 Å². The lowest BCUT2D eigenvalue weighted by molar-refractivity contribution is 0.112. The van der Waals surface area contributed by atoms with Gasteiger partial charge in [-0.3, -0.25) is 9.69 Å². The molecule has 0 atom stereocenters. The highest BCUT2D eigenvalue weighted by Gasteiger charge is 2.16. The van der Waals surface area contributed by atoms with Crippen LogP contribution in [-0.4, -0.2) is 48.8 Å². The van der Waals surface area contributed by atoms with Crippen LogP contribution in [0.15, 0.2) is 18.2 Å². The Morgan fingerprint density at radius 2 is 1.89 bits per heavy atom. The Kier molecular flexibility index (Phi) is 4.44. The largest absolute Gasteiger partial charge is 0.301 e. The summed E-state index contributed by atoms with van der Waals surface area (Å²) in [5, 5.41) is 0. The zero-order valence-corrected chi connectivity index (χ0v) is 10.7. The first-order chi connectivity index (χ1) is 8.72. The Morgan fingerprint density at radius 1 is 1.22 bits per heavy atom. The second-order valence-electron chi connectivity index (χ2n) is 4.68. The van der Waals surface area contributed by atoms with Crippen LogP contribution in [0.1, 0.15) is 22.8 Å². The van der Waals surface area contributed by atoms with Crippen molar-refractivity contribution in [3.8, 4) is 0 Å². The van der Waals surface area contributed by atoms with Gasteiger partial charge in [0.1, 0.15) is 12.1 Å². The lowest BCUT2D eigenvalue weighted by Gasteiger charge is -2.34. The van der Waals surface area contributed by atoms with E-state index < -0.39 is 0 Å². The van der Waals surface area contributed by atoms with Crippen LogP contribution in [0, 0.1) is 5.82 Å². The molecule has 1 aliphatic heterocycles. The van der Waals surface area contributed by atoms with Crippen LogP contribution in [0.3, 0.4) is 0 Å². The molecule has 1 aromatic carbocycles. The number of rotatable bonds is 4.